The van der Waals surface area contributed by atoms with Gasteiger partial charge in [-0.05, 0) is 79.4 Å². The predicted molar refractivity (Wildman–Crippen MR) is 123 cm³/mol. The molecular weight excluding hydrogens is 402 g/mol. The Balaban J connectivity index is 1.05. The smallest absolute Gasteiger partial charge is 0.242 e. The van der Waals surface area contributed by atoms with E-state index in [1.54, 1.807) is 7.11 Å². The number of carbonyl (C=O) groups excluding carboxylic acids is 2. The van der Waals surface area contributed by atoms with Gasteiger partial charge in [0, 0.05) is 39.1 Å². The minimum atomic E-state index is 0.0462. The molecule has 1 aromatic rings. The molecular formula is C26H37N3O3. The molecule has 174 valence electrons. The van der Waals surface area contributed by atoms with Gasteiger partial charge in [0.1, 0.15) is 5.75 Å². The van der Waals surface area contributed by atoms with Gasteiger partial charge >= 0.3 is 0 Å². The second kappa shape index (κ2) is 9.05. The van der Waals surface area contributed by atoms with Gasteiger partial charge < -0.3 is 15.0 Å². The predicted octanol–water partition coefficient (Wildman–Crippen LogP) is 3.06. The van der Waals surface area contributed by atoms with E-state index in [1.807, 2.05) is 17.0 Å². The number of amides is 2. The Kier molecular flexibility index (Phi) is 6.15. The molecule has 5 fully saturated rings. The van der Waals surface area contributed by atoms with E-state index in [1.165, 1.54) is 44.1 Å². The number of nitrogens with one attached hydrogen (secondary N) is 1. The molecule has 1 heterocycles. The lowest BCUT2D eigenvalue weighted by Crippen LogP contribution is -2.51. The molecule has 4 bridgehead atoms. The fraction of sp³-hybridized carbons (Fsp3) is 0.692. The topological polar surface area (TPSA) is 61.9 Å². The molecule has 5 aliphatic rings. The lowest BCUT2D eigenvalue weighted by atomic mass is 9.49. The van der Waals surface area contributed by atoms with E-state index in [0.717, 1.165) is 43.1 Å². The zero-order valence-corrected chi connectivity index (χ0v) is 19.4. The first-order valence-corrected chi connectivity index (χ1v) is 12.4. The van der Waals surface area contributed by atoms with Gasteiger partial charge in [-0.1, -0.05) is 12.1 Å². The number of piperazine rings is 1. The highest BCUT2D eigenvalue weighted by Crippen LogP contribution is 2.61. The van der Waals surface area contributed by atoms with Crippen LogP contribution in [-0.2, 0) is 16.1 Å². The lowest BCUT2D eigenvalue weighted by Gasteiger charge is -2.56. The Morgan fingerprint density at radius 2 is 1.69 bits per heavy atom. The van der Waals surface area contributed by atoms with Crippen LogP contribution in [0.2, 0.25) is 0 Å². The number of ether oxygens (including phenoxy) is 1. The van der Waals surface area contributed by atoms with Crippen molar-refractivity contribution >= 4 is 11.8 Å². The summed E-state index contributed by atoms with van der Waals surface area (Å²) >= 11 is 0. The van der Waals surface area contributed by atoms with Crippen molar-refractivity contribution in [3.05, 3.63) is 29.8 Å². The summed E-state index contributed by atoms with van der Waals surface area (Å²) in [5, 5.41) is 2.96. The largest absolute Gasteiger partial charge is 0.497 e. The summed E-state index contributed by atoms with van der Waals surface area (Å²) in [7, 11) is 1.69. The molecule has 32 heavy (non-hydrogen) atoms. The molecule has 1 N–H and O–H groups in total. The van der Waals surface area contributed by atoms with Gasteiger partial charge in [-0.2, -0.15) is 0 Å². The number of nitrogens with zero attached hydrogens (tertiary/aromatic N) is 2. The van der Waals surface area contributed by atoms with E-state index in [4.69, 9.17) is 4.74 Å². The fourth-order valence-electron chi connectivity index (χ4n) is 7.38. The Morgan fingerprint density at radius 3 is 2.31 bits per heavy atom. The van der Waals surface area contributed by atoms with Crippen molar-refractivity contribution in [3.8, 4) is 5.75 Å². The average molecular weight is 440 g/mol. The zero-order valence-electron chi connectivity index (χ0n) is 19.4. The summed E-state index contributed by atoms with van der Waals surface area (Å²) in [6.07, 6.45) is 8.49. The molecule has 6 heteroatoms. The maximum Gasteiger partial charge on any atom is 0.242 e. The van der Waals surface area contributed by atoms with Gasteiger partial charge in [-0.15, -0.1) is 0 Å². The molecule has 1 aromatic carbocycles. The van der Waals surface area contributed by atoms with E-state index in [-0.39, 0.29) is 23.8 Å². The van der Waals surface area contributed by atoms with Crippen molar-refractivity contribution in [3.63, 3.8) is 0 Å². The van der Waals surface area contributed by atoms with Crippen LogP contribution < -0.4 is 10.1 Å². The summed E-state index contributed by atoms with van der Waals surface area (Å²) < 4.78 is 5.31. The quantitative estimate of drug-likeness (QED) is 0.709. The number of rotatable bonds is 7. The zero-order chi connectivity index (χ0) is 22.1. The standard InChI is InChI=1S/C26H37N3O3/c1-32-23-4-2-3-19(12-23)18-28-5-7-29(8-6-28)25(31)17-27-24(30)16-26-13-20-9-21(14-26)11-22(10-20)15-26/h2-4,12,20-22H,5-11,13-18H2,1H3,(H,27,30). The van der Waals surface area contributed by atoms with Crippen LogP contribution in [0.5, 0.6) is 5.75 Å². The summed E-state index contributed by atoms with van der Waals surface area (Å²) in [6, 6.07) is 8.15. The van der Waals surface area contributed by atoms with Crippen LogP contribution in [0.25, 0.3) is 0 Å². The monoisotopic (exact) mass is 439 g/mol. The first-order chi connectivity index (χ1) is 15.5. The molecule has 4 saturated carbocycles. The first-order valence-electron chi connectivity index (χ1n) is 12.4. The maximum atomic E-state index is 12.7. The van der Waals surface area contributed by atoms with Gasteiger partial charge in [0.05, 0.1) is 13.7 Å². The van der Waals surface area contributed by atoms with Gasteiger partial charge in [-0.25, -0.2) is 0 Å². The lowest BCUT2D eigenvalue weighted by molar-refractivity contribution is -0.136. The Morgan fingerprint density at radius 1 is 1.03 bits per heavy atom. The van der Waals surface area contributed by atoms with Crippen molar-refractivity contribution in [1.29, 1.82) is 0 Å². The molecule has 1 aliphatic heterocycles. The molecule has 6 nitrogen and oxygen atoms in total. The van der Waals surface area contributed by atoms with E-state index >= 15 is 0 Å². The van der Waals surface area contributed by atoms with Gasteiger partial charge in [0.15, 0.2) is 0 Å². The van der Waals surface area contributed by atoms with Crippen molar-refractivity contribution in [1.82, 2.24) is 15.1 Å². The average Bonchev–Trinajstić information content (AvgIpc) is 2.77. The van der Waals surface area contributed by atoms with Gasteiger partial charge in [0.25, 0.3) is 0 Å². The second-order valence-electron chi connectivity index (χ2n) is 10.9. The minimum Gasteiger partial charge on any atom is -0.497 e. The third-order valence-electron chi connectivity index (χ3n) is 8.40. The van der Waals surface area contributed by atoms with E-state index in [0.29, 0.717) is 19.5 Å². The van der Waals surface area contributed by atoms with E-state index < -0.39 is 0 Å². The molecule has 0 atom stereocenters. The van der Waals surface area contributed by atoms with Gasteiger partial charge in [0.2, 0.25) is 11.8 Å². The molecule has 4 aliphatic carbocycles. The summed E-state index contributed by atoms with van der Waals surface area (Å²) in [6.45, 7) is 4.14. The third kappa shape index (κ3) is 4.80. The van der Waals surface area contributed by atoms with Gasteiger partial charge in [-0.3, -0.25) is 14.5 Å². The van der Waals surface area contributed by atoms with Crippen molar-refractivity contribution in [2.24, 2.45) is 23.2 Å². The summed E-state index contributed by atoms with van der Waals surface area (Å²) in [5.41, 5.74) is 1.45. The van der Waals surface area contributed by atoms with Crippen LogP contribution in [0, 0.1) is 23.2 Å². The van der Waals surface area contributed by atoms with Crippen LogP contribution in [-0.4, -0.2) is 61.4 Å². The molecule has 0 aromatic heterocycles. The van der Waals surface area contributed by atoms with Crippen molar-refractivity contribution in [2.75, 3.05) is 39.8 Å². The Hall–Kier alpha value is -2.08. The molecule has 2 amide bonds. The van der Waals surface area contributed by atoms with Crippen molar-refractivity contribution < 1.29 is 14.3 Å². The van der Waals surface area contributed by atoms with Crippen LogP contribution in [0.4, 0.5) is 0 Å². The number of hydrogen-bond acceptors (Lipinski definition) is 4. The van der Waals surface area contributed by atoms with Crippen LogP contribution in [0.3, 0.4) is 0 Å². The Bertz CT molecular complexity index is 811. The highest BCUT2D eigenvalue weighted by Gasteiger charge is 2.51. The first kappa shape index (κ1) is 21.7. The van der Waals surface area contributed by atoms with Crippen LogP contribution in [0.1, 0.15) is 50.5 Å². The van der Waals surface area contributed by atoms with E-state index in [2.05, 4.69) is 22.3 Å². The summed E-state index contributed by atoms with van der Waals surface area (Å²) in [5.74, 6) is 3.55. The van der Waals surface area contributed by atoms with E-state index in [9.17, 15) is 9.59 Å². The normalized spacial score (nSPS) is 31.5. The SMILES string of the molecule is COc1cccc(CN2CCN(C(=O)CNC(=O)CC34CC5CC(CC(C5)C3)C4)CC2)c1. The minimum absolute atomic E-state index is 0.0462. The second-order valence-corrected chi connectivity index (χ2v) is 10.9. The fourth-order valence-corrected chi connectivity index (χ4v) is 7.38. The molecule has 1 saturated heterocycles. The molecule has 6 rings (SSSR count). The van der Waals surface area contributed by atoms with Crippen molar-refractivity contribution in [2.45, 2.75) is 51.5 Å². The number of carbonyl (C=O) groups is 2. The molecule has 0 radical (unpaired) electrons. The number of hydrogen-bond donors (Lipinski definition) is 1. The maximum absolute atomic E-state index is 12.7. The highest BCUT2D eigenvalue weighted by molar-refractivity contribution is 5.85. The number of methoxy groups -OCH3 is 1. The third-order valence-corrected chi connectivity index (χ3v) is 8.40. The Labute approximate surface area is 191 Å². The summed E-state index contributed by atoms with van der Waals surface area (Å²) in [4.78, 5) is 29.7. The highest BCUT2D eigenvalue weighted by atomic mass is 16.5. The van der Waals surface area contributed by atoms with Crippen LogP contribution >= 0.6 is 0 Å². The molecule has 0 spiro atoms. The molecule has 0 unspecified atom stereocenters. The number of benzene rings is 1. The van der Waals surface area contributed by atoms with Crippen LogP contribution in [0.15, 0.2) is 24.3 Å².